The molecular weight excluding hydrogens is 476 g/mol. The van der Waals surface area contributed by atoms with Crippen molar-refractivity contribution in [2.75, 3.05) is 24.0 Å². The number of hydrogen-bond donors (Lipinski definition) is 1. The van der Waals surface area contributed by atoms with Gasteiger partial charge < -0.3 is 14.8 Å². The zero-order chi connectivity index (χ0) is 25.9. The van der Waals surface area contributed by atoms with E-state index in [1.54, 1.807) is 36.4 Å². The van der Waals surface area contributed by atoms with E-state index in [0.29, 0.717) is 11.4 Å². The van der Waals surface area contributed by atoms with Gasteiger partial charge in [-0.25, -0.2) is 8.42 Å². The zero-order valence-corrected chi connectivity index (χ0v) is 21.8. The molecule has 0 aliphatic carbocycles. The van der Waals surface area contributed by atoms with Crippen LogP contribution in [0.2, 0.25) is 0 Å². The van der Waals surface area contributed by atoms with Crippen molar-refractivity contribution >= 4 is 21.6 Å². The summed E-state index contributed by atoms with van der Waals surface area (Å²) in [6.07, 6.45) is -1.00. The first kappa shape index (κ1) is 25.6. The number of aryl methyl sites for hydroxylation is 1. The lowest BCUT2D eigenvalue weighted by molar-refractivity contribution is -0.127. The van der Waals surface area contributed by atoms with Crippen LogP contribution in [0.3, 0.4) is 0 Å². The molecule has 8 heteroatoms. The SMILES string of the molecule is Cc1ccccc1OCCNC(=O)[C@H]1CN(S(=O)(=O)c2ccccc2)c2cc(C(C)(C)C)ccc2O1. The van der Waals surface area contributed by atoms with Crippen molar-refractivity contribution in [3.63, 3.8) is 0 Å². The first-order valence-corrected chi connectivity index (χ1v) is 13.4. The monoisotopic (exact) mass is 508 g/mol. The summed E-state index contributed by atoms with van der Waals surface area (Å²) in [5, 5.41) is 2.81. The first-order valence-electron chi connectivity index (χ1n) is 11.9. The second-order valence-electron chi connectivity index (χ2n) is 9.79. The topological polar surface area (TPSA) is 84.9 Å². The number of nitrogens with one attached hydrogen (secondary N) is 1. The minimum Gasteiger partial charge on any atom is -0.491 e. The molecule has 0 radical (unpaired) electrons. The Morgan fingerprint density at radius 1 is 1.06 bits per heavy atom. The standard InChI is InChI=1S/C28H32N2O5S/c1-20-10-8-9-13-24(20)34-17-16-29-27(31)26-19-30(36(32,33)22-11-6-5-7-12-22)23-18-21(28(2,3)4)14-15-25(23)35-26/h5-15,18,26H,16-17,19H2,1-4H3,(H,29,31)/t26-/m1/s1. The molecule has 0 fully saturated rings. The molecule has 4 rings (SSSR count). The lowest BCUT2D eigenvalue weighted by Gasteiger charge is -2.36. The van der Waals surface area contributed by atoms with E-state index < -0.39 is 22.0 Å². The highest BCUT2D eigenvalue weighted by Gasteiger charge is 2.38. The fourth-order valence-electron chi connectivity index (χ4n) is 3.97. The molecule has 0 aromatic heterocycles. The van der Waals surface area contributed by atoms with E-state index in [1.165, 1.54) is 4.31 Å². The average molecular weight is 509 g/mol. The molecule has 0 bridgehead atoms. The van der Waals surface area contributed by atoms with Crippen LogP contribution in [0.25, 0.3) is 0 Å². The quantitative estimate of drug-likeness (QED) is 0.477. The number of fused-ring (bicyclic) bond motifs is 1. The van der Waals surface area contributed by atoms with Crippen molar-refractivity contribution in [1.82, 2.24) is 5.32 Å². The minimum absolute atomic E-state index is 0.137. The normalized spacial score (nSPS) is 15.6. The maximum absolute atomic E-state index is 13.6. The van der Waals surface area contributed by atoms with Crippen molar-refractivity contribution in [3.05, 3.63) is 83.9 Å². The van der Waals surface area contributed by atoms with E-state index in [9.17, 15) is 13.2 Å². The van der Waals surface area contributed by atoms with Crippen LogP contribution in [-0.4, -0.2) is 40.1 Å². The van der Waals surface area contributed by atoms with E-state index in [4.69, 9.17) is 9.47 Å². The van der Waals surface area contributed by atoms with Crippen LogP contribution in [0.15, 0.2) is 77.7 Å². The van der Waals surface area contributed by atoms with Crippen LogP contribution in [0.5, 0.6) is 11.5 Å². The van der Waals surface area contributed by atoms with E-state index in [2.05, 4.69) is 26.1 Å². The second-order valence-corrected chi connectivity index (χ2v) is 11.7. The number of hydrogen-bond acceptors (Lipinski definition) is 5. The Morgan fingerprint density at radius 3 is 2.44 bits per heavy atom. The van der Waals surface area contributed by atoms with Crippen molar-refractivity contribution < 1.29 is 22.7 Å². The Balaban J connectivity index is 1.55. The zero-order valence-electron chi connectivity index (χ0n) is 21.0. The van der Waals surface area contributed by atoms with E-state index in [1.807, 2.05) is 43.3 Å². The molecule has 36 heavy (non-hydrogen) atoms. The average Bonchev–Trinajstić information content (AvgIpc) is 2.86. The summed E-state index contributed by atoms with van der Waals surface area (Å²) >= 11 is 0. The van der Waals surface area contributed by atoms with Crippen molar-refractivity contribution in [2.24, 2.45) is 0 Å². The third kappa shape index (κ3) is 5.49. The number of rotatable bonds is 7. The molecule has 190 valence electrons. The maximum atomic E-state index is 13.6. The predicted octanol–water partition coefficient (Wildman–Crippen LogP) is 4.44. The van der Waals surface area contributed by atoms with Gasteiger partial charge in [-0.2, -0.15) is 0 Å². The smallest absolute Gasteiger partial charge is 0.264 e. The fourth-order valence-corrected chi connectivity index (χ4v) is 5.46. The Hall–Kier alpha value is -3.52. The molecule has 0 spiro atoms. The van der Waals surface area contributed by atoms with Crippen LogP contribution in [0, 0.1) is 6.92 Å². The van der Waals surface area contributed by atoms with Gasteiger partial charge in [0.25, 0.3) is 15.9 Å². The fraction of sp³-hybridized carbons (Fsp3) is 0.321. The highest BCUT2D eigenvalue weighted by molar-refractivity contribution is 7.92. The number of anilines is 1. The molecule has 7 nitrogen and oxygen atoms in total. The van der Waals surface area contributed by atoms with Crippen LogP contribution < -0.4 is 19.1 Å². The van der Waals surface area contributed by atoms with Crippen molar-refractivity contribution in [1.29, 1.82) is 0 Å². The Kier molecular flexibility index (Phi) is 7.26. The Bertz CT molecular complexity index is 1330. The lowest BCUT2D eigenvalue weighted by Crippen LogP contribution is -2.51. The molecule has 1 N–H and O–H groups in total. The van der Waals surface area contributed by atoms with Gasteiger partial charge >= 0.3 is 0 Å². The largest absolute Gasteiger partial charge is 0.491 e. The number of benzene rings is 3. The number of carbonyl (C=O) groups excluding carboxylic acids is 1. The Morgan fingerprint density at radius 2 is 1.75 bits per heavy atom. The molecule has 1 heterocycles. The van der Waals surface area contributed by atoms with Crippen LogP contribution in [-0.2, 0) is 20.2 Å². The highest BCUT2D eigenvalue weighted by atomic mass is 32.2. The van der Waals surface area contributed by atoms with Gasteiger partial charge in [0.1, 0.15) is 18.1 Å². The summed E-state index contributed by atoms with van der Waals surface area (Å²) in [6.45, 7) is 8.53. The first-order chi connectivity index (χ1) is 17.1. The molecule has 1 aliphatic rings. The molecule has 0 saturated heterocycles. The van der Waals surface area contributed by atoms with Gasteiger partial charge in [0, 0.05) is 0 Å². The Labute approximate surface area is 213 Å². The minimum atomic E-state index is -3.92. The van der Waals surface area contributed by atoms with Crippen LogP contribution in [0.4, 0.5) is 5.69 Å². The molecule has 3 aromatic carbocycles. The van der Waals surface area contributed by atoms with E-state index in [-0.39, 0.29) is 30.0 Å². The van der Waals surface area contributed by atoms with Gasteiger partial charge in [-0.15, -0.1) is 0 Å². The van der Waals surface area contributed by atoms with E-state index >= 15 is 0 Å². The second kappa shape index (κ2) is 10.2. The van der Waals surface area contributed by atoms with Crippen LogP contribution >= 0.6 is 0 Å². The van der Waals surface area contributed by atoms with Gasteiger partial charge in [0.05, 0.1) is 23.7 Å². The number of para-hydroxylation sites is 1. The summed E-state index contributed by atoms with van der Waals surface area (Å²) in [4.78, 5) is 13.2. The van der Waals surface area contributed by atoms with Gasteiger partial charge in [0.15, 0.2) is 6.10 Å². The summed E-state index contributed by atoms with van der Waals surface area (Å²) in [6, 6.07) is 21.3. The predicted molar refractivity (Wildman–Crippen MR) is 140 cm³/mol. The molecule has 1 atom stereocenters. The van der Waals surface area contributed by atoms with Gasteiger partial charge in [-0.05, 0) is 53.8 Å². The number of nitrogens with zero attached hydrogens (tertiary/aromatic N) is 1. The number of amides is 1. The van der Waals surface area contributed by atoms with Gasteiger partial charge in [0.2, 0.25) is 0 Å². The van der Waals surface area contributed by atoms with Crippen molar-refractivity contribution in [2.45, 2.75) is 44.1 Å². The van der Waals surface area contributed by atoms with Crippen molar-refractivity contribution in [3.8, 4) is 11.5 Å². The molecule has 0 unspecified atom stereocenters. The molecule has 3 aromatic rings. The highest BCUT2D eigenvalue weighted by Crippen LogP contribution is 2.40. The third-order valence-electron chi connectivity index (χ3n) is 6.07. The molecular formula is C28H32N2O5S. The molecule has 1 aliphatic heterocycles. The molecule has 1 amide bonds. The summed E-state index contributed by atoms with van der Waals surface area (Å²) in [7, 11) is -3.92. The van der Waals surface area contributed by atoms with Gasteiger partial charge in [-0.3, -0.25) is 9.10 Å². The van der Waals surface area contributed by atoms with Crippen LogP contribution in [0.1, 0.15) is 31.9 Å². The third-order valence-corrected chi connectivity index (χ3v) is 7.86. The lowest BCUT2D eigenvalue weighted by atomic mass is 9.86. The summed E-state index contributed by atoms with van der Waals surface area (Å²) < 4.78 is 40.3. The number of carbonyl (C=O) groups is 1. The summed E-state index contributed by atoms with van der Waals surface area (Å²) in [5.41, 5.74) is 2.21. The number of sulfonamides is 1. The number of ether oxygens (including phenoxy) is 2. The van der Waals surface area contributed by atoms with Gasteiger partial charge in [-0.1, -0.05) is 63.2 Å². The summed E-state index contributed by atoms with van der Waals surface area (Å²) in [5.74, 6) is 0.705. The van der Waals surface area contributed by atoms with E-state index in [0.717, 1.165) is 16.9 Å². The molecule has 0 saturated carbocycles. The maximum Gasteiger partial charge on any atom is 0.264 e.